The van der Waals surface area contributed by atoms with Gasteiger partial charge < -0.3 is 10.1 Å². The topological polar surface area (TPSA) is 64.1 Å². The lowest BCUT2D eigenvalue weighted by molar-refractivity contribution is -0.123. The molecule has 1 aromatic carbocycles. The summed E-state index contributed by atoms with van der Waals surface area (Å²) in [6.07, 6.45) is 1.56. The minimum atomic E-state index is -0.306. The van der Waals surface area contributed by atoms with Gasteiger partial charge in [0.2, 0.25) is 0 Å². The van der Waals surface area contributed by atoms with E-state index in [1.807, 2.05) is 6.92 Å². The Morgan fingerprint density at radius 3 is 2.75 bits per heavy atom. The Morgan fingerprint density at radius 2 is 2.05 bits per heavy atom. The fraction of sp³-hybridized carbons (Fsp3) is 0.214. The Balaban J connectivity index is 1.77. The lowest BCUT2D eigenvalue weighted by atomic mass is 10.2. The molecule has 0 bridgehead atoms. The van der Waals surface area contributed by atoms with Crippen molar-refractivity contribution in [1.29, 1.82) is 0 Å². The molecule has 0 fully saturated rings. The fourth-order valence-corrected chi connectivity index (χ4v) is 1.48. The maximum atomic E-state index is 12.7. The molecule has 5 nitrogen and oxygen atoms in total. The molecule has 1 aromatic heterocycles. The molecule has 1 heterocycles. The largest absolute Gasteiger partial charge is 0.453 e. The first-order chi connectivity index (χ1) is 9.63. The predicted octanol–water partition coefficient (Wildman–Crippen LogP) is 1.62. The van der Waals surface area contributed by atoms with Crippen LogP contribution in [0.1, 0.15) is 11.3 Å². The molecule has 2 aromatic rings. The Bertz CT molecular complexity index is 587. The van der Waals surface area contributed by atoms with Crippen LogP contribution >= 0.6 is 0 Å². The van der Waals surface area contributed by atoms with Crippen molar-refractivity contribution >= 4 is 5.91 Å². The summed E-state index contributed by atoms with van der Waals surface area (Å²) in [5.41, 5.74) is 1.58. The molecule has 104 valence electrons. The van der Waals surface area contributed by atoms with Gasteiger partial charge in [-0.25, -0.2) is 14.4 Å². The van der Waals surface area contributed by atoms with Crippen molar-refractivity contribution in [2.24, 2.45) is 0 Å². The quantitative estimate of drug-likeness (QED) is 0.900. The van der Waals surface area contributed by atoms with Crippen molar-refractivity contribution < 1.29 is 13.9 Å². The van der Waals surface area contributed by atoms with Crippen molar-refractivity contribution in [1.82, 2.24) is 15.3 Å². The second-order valence-electron chi connectivity index (χ2n) is 4.17. The number of ether oxygens (including phenoxy) is 1. The minimum absolute atomic E-state index is 0.162. The third-order valence-corrected chi connectivity index (χ3v) is 2.51. The van der Waals surface area contributed by atoms with Crippen LogP contribution in [0.15, 0.2) is 36.5 Å². The van der Waals surface area contributed by atoms with Crippen molar-refractivity contribution in [3.05, 3.63) is 53.6 Å². The zero-order valence-electron chi connectivity index (χ0n) is 11.0. The van der Waals surface area contributed by atoms with E-state index >= 15 is 0 Å². The molecule has 20 heavy (non-hydrogen) atoms. The summed E-state index contributed by atoms with van der Waals surface area (Å²) in [5.74, 6) is -0.598. The van der Waals surface area contributed by atoms with Crippen LogP contribution in [0.2, 0.25) is 0 Å². The number of rotatable bonds is 5. The van der Waals surface area contributed by atoms with Crippen LogP contribution in [0.5, 0.6) is 6.01 Å². The highest BCUT2D eigenvalue weighted by Gasteiger charge is 2.04. The molecule has 0 saturated heterocycles. The first kappa shape index (κ1) is 13.9. The van der Waals surface area contributed by atoms with Gasteiger partial charge in [-0.05, 0) is 30.7 Å². The van der Waals surface area contributed by atoms with E-state index < -0.39 is 0 Å². The average Bonchev–Trinajstić information content (AvgIpc) is 2.45. The van der Waals surface area contributed by atoms with Gasteiger partial charge in [-0.15, -0.1) is 0 Å². The number of halogens is 1. The number of nitrogens with one attached hydrogen (secondary N) is 1. The van der Waals surface area contributed by atoms with Gasteiger partial charge in [0.05, 0.1) is 0 Å². The van der Waals surface area contributed by atoms with Gasteiger partial charge >= 0.3 is 6.01 Å². The third kappa shape index (κ3) is 4.31. The molecule has 0 aliphatic heterocycles. The summed E-state index contributed by atoms with van der Waals surface area (Å²) in [4.78, 5) is 19.5. The highest BCUT2D eigenvalue weighted by atomic mass is 19.1. The van der Waals surface area contributed by atoms with E-state index in [1.54, 1.807) is 24.4 Å². The van der Waals surface area contributed by atoms with Crippen LogP contribution in [0.25, 0.3) is 0 Å². The number of amides is 1. The van der Waals surface area contributed by atoms with E-state index in [9.17, 15) is 9.18 Å². The molecule has 1 N–H and O–H groups in total. The maximum absolute atomic E-state index is 12.7. The second-order valence-corrected chi connectivity index (χ2v) is 4.17. The molecule has 0 aliphatic rings. The monoisotopic (exact) mass is 275 g/mol. The van der Waals surface area contributed by atoms with Crippen LogP contribution in [-0.4, -0.2) is 22.5 Å². The Kier molecular flexibility index (Phi) is 4.60. The Hall–Kier alpha value is -2.50. The number of carbonyl (C=O) groups excluding carboxylic acids is 1. The van der Waals surface area contributed by atoms with Crippen LogP contribution < -0.4 is 10.1 Å². The van der Waals surface area contributed by atoms with Crippen molar-refractivity contribution in [3.8, 4) is 6.01 Å². The van der Waals surface area contributed by atoms with Crippen molar-refractivity contribution in [2.45, 2.75) is 13.5 Å². The molecular weight excluding hydrogens is 261 g/mol. The zero-order chi connectivity index (χ0) is 14.4. The number of aryl methyl sites for hydroxylation is 1. The van der Waals surface area contributed by atoms with E-state index in [2.05, 4.69) is 15.3 Å². The van der Waals surface area contributed by atoms with Crippen LogP contribution in [-0.2, 0) is 11.3 Å². The van der Waals surface area contributed by atoms with Gasteiger partial charge in [0, 0.05) is 18.4 Å². The first-order valence-electron chi connectivity index (χ1n) is 6.07. The first-order valence-corrected chi connectivity index (χ1v) is 6.07. The molecule has 0 aliphatic carbocycles. The maximum Gasteiger partial charge on any atom is 0.317 e. The number of hydrogen-bond donors (Lipinski definition) is 1. The van der Waals surface area contributed by atoms with E-state index in [0.29, 0.717) is 6.54 Å². The molecule has 1 amide bonds. The van der Waals surface area contributed by atoms with E-state index in [4.69, 9.17) is 4.74 Å². The molecule has 2 rings (SSSR count). The van der Waals surface area contributed by atoms with Gasteiger partial charge in [0.1, 0.15) is 5.82 Å². The normalized spacial score (nSPS) is 10.1. The number of carbonyl (C=O) groups is 1. The van der Waals surface area contributed by atoms with E-state index in [-0.39, 0.29) is 24.3 Å². The minimum Gasteiger partial charge on any atom is -0.453 e. The molecule has 0 unspecified atom stereocenters. The fourth-order valence-electron chi connectivity index (χ4n) is 1.48. The average molecular weight is 275 g/mol. The van der Waals surface area contributed by atoms with Crippen molar-refractivity contribution in [2.75, 3.05) is 6.61 Å². The smallest absolute Gasteiger partial charge is 0.317 e. The lowest BCUT2D eigenvalue weighted by Gasteiger charge is -2.06. The Labute approximate surface area is 115 Å². The van der Waals surface area contributed by atoms with Crippen molar-refractivity contribution in [3.63, 3.8) is 0 Å². The van der Waals surface area contributed by atoms with Crippen LogP contribution in [0.3, 0.4) is 0 Å². The summed E-state index contributed by atoms with van der Waals surface area (Å²) in [6, 6.07) is 7.82. The number of hydrogen-bond acceptors (Lipinski definition) is 4. The summed E-state index contributed by atoms with van der Waals surface area (Å²) < 4.78 is 17.9. The highest BCUT2D eigenvalue weighted by molar-refractivity contribution is 5.77. The SMILES string of the molecule is Cc1ccnc(OCC(=O)NCc2ccc(F)cc2)n1. The van der Waals surface area contributed by atoms with Crippen LogP contribution in [0, 0.1) is 12.7 Å². The predicted molar refractivity (Wildman–Crippen MR) is 70.5 cm³/mol. The zero-order valence-corrected chi connectivity index (χ0v) is 11.0. The molecule has 0 saturated carbocycles. The van der Waals surface area contributed by atoms with Gasteiger partial charge in [-0.2, -0.15) is 0 Å². The summed E-state index contributed by atoms with van der Waals surface area (Å²) in [5, 5.41) is 2.66. The summed E-state index contributed by atoms with van der Waals surface area (Å²) >= 11 is 0. The lowest BCUT2D eigenvalue weighted by Crippen LogP contribution is -2.28. The number of aromatic nitrogens is 2. The van der Waals surface area contributed by atoms with Gasteiger partial charge in [-0.1, -0.05) is 12.1 Å². The standard InChI is InChI=1S/C14H14FN3O2/c1-10-6-7-16-14(18-10)20-9-13(19)17-8-11-2-4-12(15)5-3-11/h2-7H,8-9H2,1H3,(H,17,19). The molecular formula is C14H14FN3O2. The highest BCUT2D eigenvalue weighted by Crippen LogP contribution is 2.03. The van der Waals surface area contributed by atoms with E-state index in [0.717, 1.165) is 11.3 Å². The molecule has 6 heteroatoms. The van der Waals surface area contributed by atoms with E-state index in [1.165, 1.54) is 12.1 Å². The van der Waals surface area contributed by atoms with Gasteiger partial charge in [-0.3, -0.25) is 4.79 Å². The Morgan fingerprint density at radius 1 is 1.30 bits per heavy atom. The third-order valence-electron chi connectivity index (χ3n) is 2.51. The summed E-state index contributed by atoms with van der Waals surface area (Å²) in [7, 11) is 0. The number of nitrogens with zero attached hydrogens (tertiary/aromatic N) is 2. The van der Waals surface area contributed by atoms with Crippen LogP contribution in [0.4, 0.5) is 4.39 Å². The molecule has 0 atom stereocenters. The van der Waals surface area contributed by atoms with Gasteiger partial charge in [0.15, 0.2) is 6.61 Å². The molecule has 0 radical (unpaired) electrons. The second kappa shape index (κ2) is 6.60. The van der Waals surface area contributed by atoms with Gasteiger partial charge in [0.25, 0.3) is 5.91 Å². The summed E-state index contributed by atoms with van der Waals surface area (Å²) in [6.45, 7) is 1.96. The molecule has 0 spiro atoms. The number of benzene rings is 1.